The van der Waals surface area contributed by atoms with Crippen molar-refractivity contribution in [3.8, 4) is 0 Å². The van der Waals surface area contributed by atoms with Gasteiger partial charge in [-0.05, 0) is 19.9 Å². The van der Waals surface area contributed by atoms with Crippen LogP contribution in [0.3, 0.4) is 0 Å². The van der Waals surface area contributed by atoms with E-state index in [1.54, 1.807) is 0 Å². The van der Waals surface area contributed by atoms with Crippen LogP contribution in [0.15, 0.2) is 6.20 Å². The summed E-state index contributed by atoms with van der Waals surface area (Å²) >= 11 is 0. The fourth-order valence-electron chi connectivity index (χ4n) is 2.15. The van der Waals surface area contributed by atoms with Crippen LogP contribution in [0.1, 0.15) is 63.1 Å². The first-order valence-electron chi connectivity index (χ1n) is 7.44. The second-order valence-electron chi connectivity index (χ2n) is 5.18. The van der Waals surface area contributed by atoms with Crippen molar-refractivity contribution in [2.45, 2.75) is 65.3 Å². The predicted octanol–water partition coefficient (Wildman–Crippen LogP) is 3.57. The van der Waals surface area contributed by atoms with Crippen molar-refractivity contribution in [2.75, 3.05) is 6.54 Å². The van der Waals surface area contributed by atoms with Crippen molar-refractivity contribution in [2.24, 2.45) is 7.05 Å². The van der Waals surface area contributed by atoms with Gasteiger partial charge in [-0.3, -0.25) is 4.68 Å². The minimum atomic E-state index is 0.954. The van der Waals surface area contributed by atoms with Crippen LogP contribution in [0.5, 0.6) is 0 Å². The molecule has 3 heteroatoms. The summed E-state index contributed by atoms with van der Waals surface area (Å²) in [6.45, 7) is 6.47. The fourth-order valence-corrected chi connectivity index (χ4v) is 2.15. The van der Waals surface area contributed by atoms with E-state index in [9.17, 15) is 0 Å². The molecule has 0 bridgehead atoms. The van der Waals surface area contributed by atoms with Gasteiger partial charge in [0.25, 0.3) is 0 Å². The number of hydrogen-bond acceptors (Lipinski definition) is 2. The smallest absolute Gasteiger partial charge is 0.0537 e. The molecule has 1 N–H and O–H groups in total. The third-order valence-corrected chi connectivity index (χ3v) is 3.61. The molecule has 0 aromatic carbocycles. The topological polar surface area (TPSA) is 29.9 Å². The highest BCUT2D eigenvalue weighted by Gasteiger charge is 2.01. The molecule has 18 heavy (non-hydrogen) atoms. The van der Waals surface area contributed by atoms with Crippen LogP contribution in [-0.4, -0.2) is 16.3 Å². The summed E-state index contributed by atoms with van der Waals surface area (Å²) in [5.41, 5.74) is 2.59. The van der Waals surface area contributed by atoms with Crippen LogP contribution in [0, 0.1) is 6.92 Å². The zero-order valence-corrected chi connectivity index (χ0v) is 12.3. The number of hydrogen-bond donors (Lipinski definition) is 1. The monoisotopic (exact) mass is 251 g/mol. The largest absolute Gasteiger partial charge is 0.313 e. The minimum Gasteiger partial charge on any atom is -0.313 e. The summed E-state index contributed by atoms with van der Waals surface area (Å²) in [5.74, 6) is 0. The van der Waals surface area contributed by atoms with Gasteiger partial charge in [-0.25, -0.2) is 0 Å². The molecule has 0 atom stereocenters. The molecule has 1 rings (SSSR count). The summed E-state index contributed by atoms with van der Waals surface area (Å²) in [5, 5.41) is 7.75. The average molecular weight is 251 g/mol. The zero-order valence-electron chi connectivity index (χ0n) is 12.3. The molecule has 0 amide bonds. The van der Waals surface area contributed by atoms with Crippen LogP contribution < -0.4 is 5.32 Å². The number of nitrogens with one attached hydrogen (secondary N) is 1. The Morgan fingerprint density at radius 3 is 2.39 bits per heavy atom. The van der Waals surface area contributed by atoms with Gasteiger partial charge in [0.2, 0.25) is 0 Å². The number of unbranched alkanes of at least 4 members (excludes halogenated alkanes) is 6. The van der Waals surface area contributed by atoms with Gasteiger partial charge in [-0.1, -0.05) is 45.4 Å². The molecule has 1 aromatic heterocycles. The van der Waals surface area contributed by atoms with Gasteiger partial charge >= 0.3 is 0 Å². The number of rotatable bonds is 10. The Balaban J connectivity index is 1.94. The highest BCUT2D eigenvalue weighted by molar-refractivity contribution is 5.15. The Kier molecular flexibility index (Phi) is 7.74. The highest BCUT2D eigenvalue weighted by Crippen LogP contribution is 2.07. The van der Waals surface area contributed by atoms with Crippen LogP contribution in [0.25, 0.3) is 0 Å². The first-order valence-corrected chi connectivity index (χ1v) is 7.44. The van der Waals surface area contributed by atoms with E-state index in [0.29, 0.717) is 0 Å². The molecule has 0 saturated heterocycles. The number of nitrogens with zero attached hydrogens (tertiary/aromatic N) is 2. The van der Waals surface area contributed by atoms with Gasteiger partial charge in [0.1, 0.15) is 0 Å². The summed E-state index contributed by atoms with van der Waals surface area (Å²) < 4.78 is 1.94. The number of aromatic nitrogens is 2. The van der Waals surface area contributed by atoms with E-state index >= 15 is 0 Å². The standard InChI is InChI=1S/C15H29N3/c1-4-5-6-7-8-9-10-11-16-12-15-13-17-18(3)14(15)2/h13,16H,4-12H2,1-3H3. The van der Waals surface area contributed by atoms with E-state index in [1.807, 2.05) is 17.9 Å². The lowest BCUT2D eigenvalue weighted by Gasteiger charge is -2.04. The maximum Gasteiger partial charge on any atom is 0.0537 e. The van der Waals surface area contributed by atoms with Crippen molar-refractivity contribution in [1.82, 2.24) is 15.1 Å². The quantitative estimate of drug-likeness (QED) is 0.644. The first kappa shape index (κ1) is 15.2. The SMILES string of the molecule is CCCCCCCCCNCc1cnn(C)c1C. The molecule has 1 aromatic rings. The Bertz CT molecular complexity index is 318. The third-order valence-electron chi connectivity index (χ3n) is 3.61. The summed E-state index contributed by atoms with van der Waals surface area (Å²) in [6.07, 6.45) is 11.6. The molecule has 104 valence electrons. The van der Waals surface area contributed by atoms with Gasteiger partial charge in [-0.15, -0.1) is 0 Å². The second-order valence-corrected chi connectivity index (χ2v) is 5.18. The van der Waals surface area contributed by atoms with Gasteiger partial charge < -0.3 is 5.32 Å². The Morgan fingerprint density at radius 1 is 1.11 bits per heavy atom. The fraction of sp³-hybridized carbons (Fsp3) is 0.800. The van der Waals surface area contributed by atoms with E-state index in [0.717, 1.165) is 13.1 Å². The lowest BCUT2D eigenvalue weighted by molar-refractivity contribution is 0.562. The molecule has 0 spiro atoms. The molecule has 0 radical (unpaired) electrons. The predicted molar refractivity (Wildman–Crippen MR) is 77.6 cm³/mol. The van der Waals surface area contributed by atoms with Gasteiger partial charge in [0, 0.05) is 24.8 Å². The van der Waals surface area contributed by atoms with Gasteiger partial charge in [0.15, 0.2) is 0 Å². The highest BCUT2D eigenvalue weighted by atomic mass is 15.3. The summed E-state index contributed by atoms with van der Waals surface area (Å²) in [4.78, 5) is 0. The van der Waals surface area contributed by atoms with E-state index < -0.39 is 0 Å². The van der Waals surface area contributed by atoms with Crippen molar-refractivity contribution in [1.29, 1.82) is 0 Å². The van der Waals surface area contributed by atoms with E-state index in [4.69, 9.17) is 0 Å². The van der Waals surface area contributed by atoms with Crippen LogP contribution in [0.2, 0.25) is 0 Å². The Morgan fingerprint density at radius 2 is 1.78 bits per heavy atom. The lowest BCUT2D eigenvalue weighted by atomic mass is 10.1. The lowest BCUT2D eigenvalue weighted by Crippen LogP contribution is -2.15. The average Bonchev–Trinajstić information content (AvgIpc) is 2.68. The Labute approximate surface area is 112 Å². The van der Waals surface area contributed by atoms with E-state index in [1.165, 1.54) is 56.2 Å². The van der Waals surface area contributed by atoms with E-state index in [-0.39, 0.29) is 0 Å². The maximum absolute atomic E-state index is 4.25. The molecule has 0 aliphatic heterocycles. The normalized spacial score (nSPS) is 11.1. The van der Waals surface area contributed by atoms with Crippen molar-refractivity contribution in [3.63, 3.8) is 0 Å². The molecule has 0 aliphatic rings. The maximum atomic E-state index is 4.25. The molecule has 0 aliphatic carbocycles. The summed E-state index contributed by atoms with van der Waals surface area (Å²) in [6, 6.07) is 0. The van der Waals surface area contributed by atoms with E-state index in [2.05, 4.69) is 24.3 Å². The van der Waals surface area contributed by atoms with Crippen LogP contribution >= 0.6 is 0 Å². The molecule has 0 fully saturated rings. The Hall–Kier alpha value is -0.830. The molecular formula is C15H29N3. The third kappa shape index (κ3) is 5.67. The molecule has 3 nitrogen and oxygen atoms in total. The summed E-state index contributed by atoms with van der Waals surface area (Å²) in [7, 11) is 2.00. The minimum absolute atomic E-state index is 0.954. The second kappa shape index (κ2) is 9.15. The zero-order chi connectivity index (χ0) is 13.2. The molecular weight excluding hydrogens is 222 g/mol. The molecule has 0 unspecified atom stereocenters. The van der Waals surface area contributed by atoms with Crippen molar-refractivity contribution in [3.05, 3.63) is 17.5 Å². The van der Waals surface area contributed by atoms with Gasteiger partial charge in [-0.2, -0.15) is 5.10 Å². The van der Waals surface area contributed by atoms with Crippen molar-refractivity contribution < 1.29 is 0 Å². The van der Waals surface area contributed by atoms with Gasteiger partial charge in [0.05, 0.1) is 6.20 Å². The molecule has 0 saturated carbocycles. The van der Waals surface area contributed by atoms with Crippen LogP contribution in [0.4, 0.5) is 0 Å². The van der Waals surface area contributed by atoms with Crippen LogP contribution in [-0.2, 0) is 13.6 Å². The first-order chi connectivity index (χ1) is 8.75. The molecule has 1 heterocycles. The van der Waals surface area contributed by atoms with Crippen molar-refractivity contribution >= 4 is 0 Å². The number of aryl methyl sites for hydroxylation is 1.